The molecule has 21 heteroatoms. The van der Waals surface area contributed by atoms with Crippen LogP contribution in [-0.4, -0.2) is 119 Å². The smallest absolute Gasteiger partial charge is 0.392 e. The Morgan fingerprint density at radius 1 is 0.970 bits per heavy atom. The average Bonchev–Trinajstić information content (AvgIpc) is 3.68. The molecule has 9 rings (SSSR count). The van der Waals surface area contributed by atoms with E-state index in [4.69, 9.17) is 30.8 Å². The summed E-state index contributed by atoms with van der Waals surface area (Å²) in [5.41, 5.74) is 4.34. The minimum absolute atomic E-state index is 0.0200. The number of sulfonamides is 1. The standard InChI is InChI=1S/C46H48ClF3N8O8S/c47-33-6-3-29(4-7-33)38-23-32(46(48,49)50)5-2-31(38)27-55-15-17-56(18-16-55)34-8-10-37(40(24-34)57-14-1-19-66-45-42(57)22-30-12-13-51-43(30)53-45)44(59)54-67(62,63)36-9-11-39(41(25-36)58(60)61)52-26-35-28-64-20-21-65-35/h3-4,6-13,22,24-25,32,35,52H,1-2,5,14-21,23,26-28H2,(H,51,53)(H,54,59)/t32-,35+/m1/s1. The number of piperazine rings is 1. The molecular formula is C46H48ClF3N8O8S. The third-order valence-corrected chi connectivity index (χ3v) is 14.2. The molecule has 0 radical (unpaired) electrons. The van der Waals surface area contributed by atoms with E-state index in [9.17, 15) is 36.5 Å². The highest BCUT2D eigenvalue weighted by atomic mass is 35.5. The molecular weight excluding hydrogens is 917 g/mol. The summed E-state index contributed by atoms with van der Waals surface area (Å²) < 4.78 is 88.9. The molecule has 2 fully saturated rings. The molecule has 1 aliphatic carbocycles. The first-order valence-corrected chi connectivity index (χ1v) is 23.9. The molecule has 3 aliphatic heterocycles. The number of rotatable bonds is 12. The van der Waals surface area contributed by atoms with Gasteiger partial charge in [0, 0.05) is 74.2 Å². The maximum Gasteiger partial charge on any atom is 0.392 e. The van der Waals surface area contributed by atoms with Crippen molar-refractivity contribution in [3.63, 3.8) is 0 Å². The zero-order chi connectivity index (χ0) is 46.9. The van der Waals surface area contributed by atoms with Crippen molar-refractivity contribution in [1.29, 1.82) is 0 Å². The summed E-state index contributed by atoms with van der Waals surface area (Å²) in [6.45, 7) is 4.88. The molecule has 2 aromatic heterocycles. The van der Waals surface area contributed by atoms with Crippen LogP contribution < -0.4 is 24.6 Å². The SMILES string of the molecule is O=C(NS(=O)(=O)c1ccc(NC[C@H]2COCCO2)c([N+](=O)[O-])c1)c1ccc(N2CCN(CC3=C(c4ccc(Cl)cc4)C[C@H](C(F)(F)F)CC3)CC2)cc1N1CCCOc2nc3[nH]ccc3cc21. The van der Waals surface area contributed by atoms with Crippen LogP contribution >= 0.6 is 11.6 Å². The summed E-state index contributed by atoms with van der Waals surface area (Å²) in [4.78, 5) is 39.4. The van der Waals surface area contributed by atoms with Crippen LogP contribution in [0, 0.1) is 16.0 Å². The summed E-state index contributed by atoms with van der Waals surface area (Å²) in [6, 6.07) is 19.2. The van der Waals surface area contributed by atoms with Crippen molar-refractivity contribution in [3.8, 4) is 5.88 Å². The number of anilines is 4. The second-order valence-electron chi connectivity index (χ2n) is 16.9. The van der Waals surface area contributed by atoms with Crippen molar-refractivity contribution in [2.75, 3.05) is 87.4 Å². The number of hydrogen-bond donors (Lipinski definition) is 3. The lowest BCUT2D eigenvalue weighted by Crippen LogP contribution is -2.47. The maximum atomic E-state index is 14.3. The summed E-state index contributed by atoms with van der Waals surface area (Å²) in [5, 5.41) is 16.4. The number of pyridine rings is 1. The molecule has 67 heavy (non-hydrogen) atoms. The van der Waals surface area contributed by atoms with Crippen molar-refractivity contribution in [2.45, 2.75) is 42.9 Å². The highest BCUT2D eigenvalue weighted by molar-refractivity contribution is 7.90. The van der Waals surface area contributed by atoms with Gasteiger partial charge in [-0.25, -0.2) is 13.1 Å². The summed E-state index contributed by atoms with van der Waals surface area (Å²) in [7, 11) is -4.65. The van der Waals surface area contributed by atoms with E-state index >= 15 is 0 Å². The normalized spacial score (nSPS) is 19.7. The van der Waals surface area contributed by atoms with Crippen LogP contribution in [0.2, 0.25) is 5.02 Å². The zero-order valence-corrected chi connectivity index (χ0v) is 37.8. The van der Waals surface area contributed by atoms with Crippen molar-refractivity contribution in [1.82, 2.24) is 19.6 Å². The lowest BCUT2D eigenvalue weighted by molar-refractivity contribution is -0.384. The van der Waals surface area contributed by atoms with Crippen LogP contribution in [0.5, 0.6) is 5.88 Å². The molecule has 2 saturated heterocycles. The van der Waals surface area contributed by atoms with Gasteiger partial charge in [0.25, 0.3) is 21.6 Å². The van der Waals surface area contributed by atoms with Gasteiger partial charge in [0.05, 0.1) is 59.5 Å². The number of nitrogens with one attached hydrogen (secondary N) is 3. The molecule has 3 N–H and O–H groups in total. The number of amides is 1. The second kappa shape index (κ2) is 19.4. The van der Waals surface area contributed by atoms with Crippen molar-refractivity contribution >= 4 is 72.6 Å². The number of halogens is 4. The molecule has 3 aromatic carbocycles. The number of ether oxygens (including phenoxy) is 3. The molecule has 5 aromatic rings. The fraction of sp³-hybridized carbons (Fsp3) is 0.391. The molecule has 0 saturated carbocycles. The van der Waals surface area contributed by atoms with Crippen molar-refractivity contribution in [3.05, 3.63) is 111 Å². The highest BCUT2D eigenvalue weighted by Gasteiger charge is 2.42. The Bertz CT molecular complexity index is 2800. The number of allylic oxidation sites excluding steroid dienone is 1. The van der Waals surface area contributed by atoms with E-state index in [1.807, 2.05) is 23.1 Å². The molecule has 0 spiro atoms. The number of benzene rings is 3. The Hall–Kier alpha value is -5.93. The van der Waals surface area contributed by atoms with E-state index in [0.717, 1.165) is 28.3 Å². The topological polar surface area (TPSA) is 185 Å². The number of nitro benzene ring substituents is 1. The third-order valence-electron chi connectivity index (χ3n) is 12.6. The molecule has 2 atom stereocenters. The number of hydrogen-bond acceptors (Lipinski definition) is 13. The number of nitrogens with zero attached hydrogens (tertiary/aromatic N) is 5. The molecule has 354 valence electrons. The molecule has 0 bridgehead atoms. The molecule has 0 unspecified atom stereocenters. The number of carbonyl (C=O) groups is 1. The van der Waals surface area contributed by atoms with E-state index < -0.39 is 43.5 Å². The quantitative estimate of drug-likeness (QED) is 0.0810. The minimum Gasteiger partial charge on any atom is -0.476 e. The maximum absolute atomic E-state index is 14.3. The van der Waals surface area contributed by atoms with Crippen LogP contribution in [0.3, 0.4) is 0 Å². The Kier molecular flexibility index (Phi) is 13.3. The summed E-state index contributed by atoms with van der Waals surface area (Å²) >= 11 is 6.13. The highest BCUT2D eigenvalue weighted by Crippen LogP contribution is 2.44. The number of aromatic nitrogens is 2. The van der Waals surface area contributed by atoms with E-state index in [1.165, 1.54) is 12.1 Å². The van der Waals surface area contributed by atoms with Gasteiger partial charge in [0.2, 0.25) is 5.88 Å². The van der Waals surface area contributed by atoms with E-state index in [1.54, 1.807) is 42.6 Å². The fourth-order valence-corrected chi connectivity index (χ4v) is 10.2. The van der Waals surface area contributed by atoms with Gasteiger partial charge in [-0.15, -0.1) is 0 Å². The van der Waals surface area contributed by atoms with E-state index in [0.29, 0.717) is 112 Å². The van der Waals surface area contributed by atoms with Gasteiger partial charge in [-0.3, -0.25) is 19.8 Å². The predicted octanol–water partition coefficient (Wildman–Crippen LogP) is 7.93. The van der Waals surface area contributed by atoms with Gasteiger partial charge in [0.1, 0.15) is 17.0 Å². The summed E-state index contributed by atoms with van der Waals surface area (Å²) in [6.07, 6.45) is -2.08. The van der Waals surface area contributed by atoms with E-state index in [2.05, 4.69) is 24.8 Å². The summed E-state index contributed by atoms with van der Waals surface area (Å²) in [5.74, 6) is -2.05. The second-order valence-corrected chi connectivity index (χ2v) is 19.1. The van der Waals surface area contributed by atoms with Crippen LogP contribution in [0.4, 0.5) is 41.6 Å². The third kappa shape index (κ3) is 10.3. The Morgan fingerprint density at radius 2 is 1.78 bits per heavy atom. The molecule has 16 nitrogen and oxygen atoms in total. The minimum atomic E-state index is -4.65. The Morgan fingerprint density at radius 3 is 2.52 bits per heavy atom. The van der Waals surface area contributed by atoms with E-state index in [-0.39, 0.29) is 36.7 Å². The van der Waals surface area contributed by atoms with Gasteiger partial charge < -0.3 is 34.3 Å². The first-order chi connectivity index (χ1) is 32.2. The Balaban J connectivity index is 0.983. The van der Waals surface area contributed by atoms with Gasteiger partial charge >= 0.3 is 6.18 Å². The Labute approximate surface area is 389 Å². The zero-order valence-electron chi connectivity index (χ0n) is 36.2. The number of alkyl halides is 3. The average molecular weight is 965 g/mol. The largest absolute Gasteiger partial charge is 0.476 e. The van der Waals surface area contributed by atoms with Crippen LogP contribution in [0.25, 0.3) is 16.6 Å². The van der Waals surface area contributed by atoms with Crippen molar-refractivity contribution < 1.29 is 45.5 Å². The lowest BCUT2D eigenvalue weighted by atomic mass is 9.80. The van der Waals surface area contributed by atoms with Crippen molar-refractivity contribution in [2.24, 2.45) is 5.92 Å². The fourth-order valence-electron chi connectivity index (χ4n) is 9.09. The van der Waals surface area contributed by atoms with Gasteiger partial charge in [0.15, 0.2) is 0 Å². The molecule has 4 aliphatic rings. The first kappa shape index (κ1) is 46.2. The van der Waals surface area contributed by atoms with Gasteiger partial charge in [-0.2, -0.15) is 18.2 Å². The number of aromatic amines is 1. The number of fused-ring (bicyclic) bond motifs is 2. The number of nitro groups is 1. The first-order valence-electron chi connectivity index (χ1n) is 22.0. The van der Waals surface area contributed by atoms with Gasteiger partial charge in [-0.1, -0.05) is 29.3 Å². The lowest BCUT2D eigenvalue weighted by Gasteiger charge is -2.38. The molecule has 1 amide bonds. The number of carbonyl (C=O) groups excluding carboxylic acids is 1. The van der Waals surface area contributed by atoms with Crippen LogP contribution in [-0.2, 0) is 19.5 Å². The monoisotopic (exact) mass is 964 g/mol. The van der Waals surface area contributed by atoms with Crippen LogP contribution in [0.15, 0.2) is 89.5 Å². The van der Waals surface area contributed by atoms with Crippen LogP contribution in [0.1, 0.15) is 41.6 Å². The van der Waals surface area contributed by atoms with Gasteiger partial charge in [-0.05, 0) is 91.4 Å². The predicted molar refractivity (Wildman–Crippen MR) is 247 cm³/mol. The number of H-pyrrole nitrogens is 1. The molecule has 5 heterocycles.